The minimum atomic E-state index is -0.218. The molecule has 0 radical (unpaired) electrons. The van der Waals surface area contributed by atoms with Gasteiger partial charge in [0.2, 0.25) is 5.91 Å². The average molecular weight is 282 g/mol. The Balaban J connectivity index is 2.04. The molecule has 5 heteroatoms. The number of nitrogens with zero attached hydrogens (tertiary/aromatic N) is 2. The van der Waals surface area contributed by atoms with Crippen LogP contribution in [-0.4, -0.2) is 48.9 Å². The summed E-state index contributed by atoms with van der Waals surface area (Å²) in [6, 6.07) is 7.84. The van der Waals surface area contributed by atoms with Crippen LogP contribution in [0.4, 0.5) is 0 Å². The Bertz CT molecular complexity index is 452. The van der Waals surface area contributed by atoms with Gasteiger partial charge < -0.3 is 10.6 Å². The highest BCUT2D eigenvalue weighted by Crippen LogP contribution is 2.15. The number of hydrogen-bond acceptors (Lipinski definition) is 3. The third-order valence-electron chi connectivity index (χ3n) is 3.51. The fourth-order valence-electron chi connectivity index (χ4n) is 2.46. The highest BCUT2D eigenvalue weighted by Gasteiger charge is 2.24. The molecule has 1 aliphatic heterocycles. The molecule has 0 aliphatic carbocycles. The van der Waals surface area contributed by atoms with Crippen LogP contribution in [0.5, 0.6) is 0 Å². The largest absolute Gasteiger partial charge is 0.369 e. The van der Waals surface area contributed by atoms with Crippen molar-refractivity contribution in [1.82, 2.24) is 9.80 Å². The molecule has 1 aliphatic rings. The molecule has 1 aromatic carbocycles. The second-order valence-corrected chi connectivity index (χ2v) is 5.66. The average Bonchev–Trinajstić information content (AvgIpc) is 2.52. The lowest BCUT2D eigenvalue weighted by molar-refractivity contribution is -0.122. The van der Waals surface area contributed by atoms with E-state index in [1.807, 2.05) is 25.2 Å². The predicted molar refractivity (Wildman–Crippen MR) is 76.9 cm³/mol. The lowest BCUT2D eigenvalue weighted by Crippen LogP contribution is -2.37. The van der Waals surface area contributed by atoms with E-state index in [1.165, 1.54) is 5.56 Å². The Kier molecular flexibility index (Phi) is 4.80. The Morgan fingerprint density at radius 2 is 2.21 bits per heavy atom. The standard InChI is InChI=1S/C14H20ClN3O/c1-17-5-6-18(10-12(9-17)14(16)19)8-11-3-2-4-13(15)7-11/h2-4,7,12H,5-6,8-10H2,1H3,(H2,16,19)/t12-/m1/s1. The molecule has 104 valence electrons. The van der Waals surface area contributed by atoms with Gasteiger partial charge in [0, 0.05) is 37.7 Å². The summed E-state index contributed by atoms with van der Waals surface area (Å²) in [6.45, 7) is 4.14. The van der Waals surface area contributed by atoms with Crippen molar-refractivity contribution in [2.45, 2.75) is 6.54 Å². The van der Waals surface area contributed by atoms with Gasteiger partial charge in [-0.25, -0.2) is 0 Å². The zero-order valence-corrected chi connectivity index (χ0v) is 11.9. The molecule has 4 nitrogen and oxygen atoms in total. The number of rotatable bonds is 3. The Morgan fingerprint density at radius 3 is 2.89 bits per heavy atom. The maximum atomic E-state index is 11.5. The molecule has 2 rings (SSSR count). The zero-order chi connectivity index (χ0) is 13.8. The van der Waals surface area contributed by atoms with E-state index in [1.54, 1.807) is 0 Å². The minimum absolute atomic E-state index is 0.105. The van der Waals surface area contributed by atoms with Gasteiger partial charge in [-0.05, 0) is 24.7 Å². The highest BCUT2D eigenvalue weighted by molar-refractivity contribution is 6.30. The van der Waals surface area contributed by atoms with E-state index in [2.05, 4.69) is 15.9 Å². The Morgan fingerprint density at radius 1 is 1.42 bits per heavy atom. The molecule has 0 unspecified atom stereocenters. The number of amides is 1. The molecular formula is C14H20ClN3O. The van der Waals surface area contributed by atoms with Crippen molar-refractivity contribution in [3.05, 3.63) is 34.9 Å². The van der Waals surface area contributed by atoms with E-state index >= 15 is 0 Å². The third-order valence-corrected chi connectivity index (χ3v) is 3.74. The first-order valence-corrected chi connectivity index (χ1v) is 6.87. The summed E-state index contributed by atoms with van der Waals surface area (Å²) < 4.78 is 0. The van der Waals surface area contributed by atoms with Crippen LogP contribution in [-0.2, 0) is 11.3 Å². The summed E-state index contributed by atoms with van der Waals surface area (Å²) in [5, 5.41) is 0.746. The quantitative estimate of drug-likeness (QED) is 0.905. The smallest absolute Gasteiger partial charge is 0.223 e. The van der Waals surface area contributed by atoms with Gasteiger partial charge in [0.1, 0.15) is 0 Å². The second kappa shape index (κ2) is 6.37. The number of likely N-dealkylation sites (N-methyl/N-ethyl adjacent to an activating group) is 1. The van der Waals surface area contributed by atoms with Crippen LogP contribution >= 0.6 is 11.6 Å². The van der Waals surface area contributed by atoms with Gasteiger partial charge >= 0.3 is 0 Å². The first-order valence-electron chi connectivity index (χ1n) is 6.49. The summed E-state index contributed by atoms with van der Waals surface area (Å²) >= 11 is 6.00. The number of halogens is 1. The fourth-order valence-corrected chi connectivity index (χ4v) is 2.67. The van der Waals surface area contributed by atoms with E-state index in [4.69, 9.17) is 17.3 Å². The lowest BCUT2D eigenvalue weighted by Gasteiger charge is -2.22. The van der Waals surface area contributed by atoms with Gasteiger partial charge in [-0.2, -0.15) is 0 Å². The van der Waals surface area contributed by atoms with Crippen LogP contribution in [0.1, 0.15) is 5.56 Å². The Labute approximate surface area is 119 Å². The van der Waals surface area contributed by atoms with Crippen LogP contribution in [0.2, 0.25) is 5.02 Å². The van der Waals surface area contributed by atoms with Crippen molar-refractivity contribution in [2.24, 2.45) is 11.7 Å². The summed E-state index contributed by atoms with van der Waals surface area (Å²) in [7, 11) is 2.03. The van der Waals surface area contributed by atoms with Gasteiger partial charge in [0.05, 0.1) is 5.92 Å². The van der Waals surface area contributed by atoms with E-state index in [0.29, 0.717) is 6.54 Å². The molecule has 1 amide bonds. The summed E-state index contributed by atoms with van der Waals surface area (Å²) in [5.41, 5.74) is 6.63. The van der Waals surface area contributed by atoms with Crippen LogP contribution in [0.15, 0.2) is 24.3 Å². The number of carbonyl (C=O) groups excluding carboxylic acids is 1. The molecule has 0 spiro atoms. The minimum Gasteiger partial charge on any atom is -0.369 e. The monoisotopic (exact) mass is 281 g/mol. The van der Waals surface area contributed by atoms with Crippen molar-refractivity contribution >= 4 is 17.5 Å². The Hall–Kier alpha value is -1.10. The number of nitrogens with two attached hydrogens (primary N) is 1. The van der Waals surface area contributed by atoms with E-state index in [9.17, 15) is 4.79 Å². The van der Waals surface area contributed by atoms with Crippen LogP contribution < -0.4 is 5.73 Å². The predicted octanol–water partition coefficient (Wildman–Crippen LogP) is 1.19. The molecule has 1 heterocycles. The fraction of sp³-hybridized carbons (Fsp3) is 0.500. The topological polar surface area (TPSA) is 49.6 Å². The molecule has 1 fully saturated rings. The maximum Gasteiger partial charge on any atom is 0.223 e. The summed E-state index contributed by atoms with van der Waals surface area (Å²) in [5.74, 6) is -0.323. The van der Waals surface area contributed by atoms with Crippen molar-refractivity contribution in [3.8, 4) is 0 Å². The summed E-state index contributed by atoms with van der Waals surface area (Å²) in [6.07, 6.45) is 0. The molecular weight excluding hydrogens is 262 g/mol. The third kappa shape index (κ3) is 4.20. The molecule has 1 atom stereocenters. The maximum absolute atomic E-state index is 11.5. The number of carbonyl (C=O) groups is 1. The van der Waals surface area contributed by atoms with Crippen molar-refractivity contribution in [1.29, 1.82) is 0 Å². The normalized spacial score (nSPS) is 22.1. The molecule has 1 saturated heterocycles. The summed E-state index contributed by atoms with van der Waals surface area (Å²) in [4.78, 5) is 15.9. The number of primary amides is 1. The van der Waals surface area contributed by atoms with Crippen molar-refractivity contribution < 1.29 is 4.79 Å². The SMILES string of the molecule is CN1CCN(Cc2cccc(Cl)c2)C[C@H](C(N)=O)C1. The molecule has 0 saturated carbocycles. The molecule has 0 bridgehead atoms. The van der Waals surface area contributed by atoms with Crippen molar-refractivity contribution in [2.75, 3.05) is 33.2 Å². The molecule has 2 N–H and O–H groups in total. The van der Waals surface area contributed by atoms with Crippen LogP contribution in [0, 0.1) is 5.92 Å². The molecule has 19 heavy (non-hydrogen) atoms. The van der Waals surface area contributed by atoms with Gasteiger partial charge in [-0.1, -0.05) is 23.7 Å². The lowest BCUT2D eigenvalue weighted by atomic mass is 10.1. The number of hydrogen-bond donors (Lipinski definition) is 1. The second-order valence-electron chi connectivity index (χ2n) is 5.23. The van der Waals surface area contributed by atoms with Crippen LogP contribution in [0.3, 0.4) is 0 Å². The van der Waals surface area contributed by atoms with Gasteiger partial charge in [0.25, 0.3) is 0 Å². The molecule has 0 aromatic heterocycles. The molecule has 1 aromatic rings. The number of benzene rings is 1. The van der Waals surface area contributed by atoms with E-state index in [-0.39, 0.29) is 11.8 Å². The highest BCUT2D eigenvalue weighted by atomic mass is 35.5. The van der Waals surface area contributed by atoms with Gasteiger partial charge in [-0.3, -0.25) is 9.69 Å². The first kappa shape index (κ1) is 14.3. The first-order chi connectivity index (χ1) is 9.04. The van der Waals surface area contributed by atoms with E-state index in [0.717, 1.165) is 31.2 Å². The van der Waals surface area contributed by atoms with Gasteiger partial charge in [-0.15, -0.1) is 0 Å². The van der Waals surface area contributed by atoms with Crippen LogP contribution in [0.25, 0.3) is 0 Å². The zero-order valence-electron chi connectivity index (χ0n) is 11.2. The van der Waals surface area contributed by atoms with Gasteiger partial charge in [0.15, 0.2) is 0 Å². The van der Waals surface area contributed by atoms with Crippen molar-refractivity contribution in [3.63, 3.8) is 0 Å². The van der Waals surface area contributed by atoms with E-state index < -0.39 is 0 Å².